The molecule has 3 rings (SSSR count). The van der Waals surface area contributed by atoms with Gasteiger partial charge in [-0.15, -0.1) is 11.3 Å². The number of fused-ring (bicyclic) bond motifs is 1. The summed E-state index contributed by atoms with van der Waals surface area (Å²) in [6.45, 7) is 1.41. The van der Waals surface area contributed by atoms with E-state index in [4.69, 9.17) is 5.73 Å². The van der Waals surface area contributed by atoms with Crippen molar-refractivity contribution in [2.24, 2.45) is 5.73 Å². The summed E-state index contributed by atoms with van der Waals surface area (Å²) < 4.78 is 0. The fraction of sp³-hybridized carbons (Fsp3) is 0.312. The number of carbonyl (C=O) groups excluding carboxylic acids is 1. The van der Waals surface area contributed by atoms with Gasteiger partial charge in [-0.2, -0.15) is 0 Å². The molecule has 0 unspecified atom stereocenters. The molecule has 21 heavy (non-hydrogen) atoms. The Bertz CT molecular complexity index is 636. The minimum Gasteiger partial charge on any atom is -0.508 e. The number of carbonyl (C=O) groups is 1. The maximum atomic E-state index is 12.5. The third kappa shape index (κ3) is 3.09. The number of hydrogen-bond donors (Lipinski definition) is 2. The third-order valence-electron chi connectivity index (χ3n) is 3.83. The zero-order valence-electron chi connectivity index (χ0n) is 11.7. The molecule has 1 aliphatic heterocycles. The molecule has 1 aliphatic rings. The van der Waals surface area contributed by atoms with Crippen LogP contribution in [-0.2, 0) is 24.2 Å². The Morgan fingerprint density at radius 3 is 2.86 bits per heavy atom. The summed E-state index contributed by atoms with van der Waals surface area (Å²) in [4.78, 5) is 15.7. The first-order valence-electron chi connectivity index (χ1n) is 7.01. The van der Waals surface area contributed by atoms with E-state index in [-0.39, 0.29) is 11.7 Å². The van der Waals surface area contributed by atoms with Gasteiger partial charge in [-0.3, -0.25) is 4.79 Å². The maximum absolute atomic E-state index is 12.5. The number of rotatable bonds is 3. The van der Waals surface area contributed by atoms with E-state index in [9.17, 15) is 9.90 Å². The first-order valence-corrected chi connectivity index (χ1v) is 7.89. The summed E-state index contributed by atoms with van der Waals surface area (Å²) >= 11 is 1.76. The van der Waals surface area contributed by atoms with Crippen LogP contribution in [0.1, 0.15) is 16.0 Å². The molecule has 5 heteroatoms. The van der Waals surface area contributed by atoms with Gasteiger partial charge in [0.25, 0.3) is 0 Å². The molecule has 110 valence electrons. The summed E-state index contributed by atoms with van der Waals surface area (Å²) in [5.41, 5.74) is 8.27. The van der Waals surface area contributed by atoms with Crippen LogP contribution in [0.25, 0.3) is 0 Å². The van der Waals surface area contributed by atoms with Crippen molar-refractivity contribution in [3.8, 4) is 5.75 Å². The molecule has 2 heterocycles. The van der Waals surface area contributed by atoms with Gasteiger partial charge in [0.1, 0.15) is 5.75 Å². The Morgan fingerprint density at radius 2 is 2.10 bits per heavy atom. The number of phenolic OH excluding ortho intramolecular Hbond substituents is 1. The van der Waals surface area contributed by atoms with E-state index in [0.29, 0.717) is 13.0 Å². The first kappa shape index (κ1) is 14.1. The Labute approximate surface area is 127 Å². The maximum Gasteiger partial charge on any atom is 0.240 e. The highest BCUT2D eigenvalue weighted by Gasteiger charge is 2.25. The van der Waals surface area contributed by atoms with Gasteiger partial charge >= 0.3 is 0 Å². The third-order valence-corrected chi connectivity index (χ3v) is 4.85. The molecule has 0 radical (unpaired) electrons. The highest BCUT2D eigenvalue weighted by molar-refractivity contribution is 7.10. The van der Waals surface area contributed by atoms with Gasteiger partial charge in [0, 0.05) is 18.0 Å². The quantitative estimate of drug-likeness (QED) is 0.910. The molecule has 0 bridgehead atoms. The van der Waals surface area contributed by atoms with Gasteiger partial charge in [0.05, 0.1) is 6.04 Å². The second-order valence-electron chi connectivity index (χ2n) is 5.36. The van der Waals surface area contributed by atoms with Crippen LogP contribution in [-0.4, -0.2) is 28.5 Å². The average molecular weight is 302 g/mol. The lowest BCUT2D eigenvalue weighted by atomic mass is 10.0. The van der Waals surface area contributed by atoms with E-state index in [2.05, 4.69) is 11.4 Å². The fourth-order valence-corrected chi connectivity index (χ4v) is 3.53. The first-order chi connectivity index (χ1) is 10.1. The number of aromatic hydroxyl groups is 1. The van der Waals surface area contributed by atoms with Gasteiger partial charge in [-0.05, 0) is 47.5 Å². The predicted molar refractivity (Wildman–Crippen MR) is 83.2 cm³/mol. The lowest BCUT2D eigenvalue weighted by molar-refractivity contribution is -0.133. The number of nitrogens with zero attached hydrogens (tertiary/aromatic N) is 1. The molecule has 0 spiro atoms. The van der Waals surface area contributed by atoms with Crippen molar-refractivity contribution >= 4 is 17.2 Å². The van der Waals surface area contributed by atoms with Crippen molar-refractivity contribution in [2.45, 2.75) is 25.4 Å². The van der Waals surface area contributed by atoms with Crippen molar-refractivity contribution in [2.75, 3.05) is 6.54 Å². The van der Waals surface area contributed by atoms with Crippen molar-refractivity contribution in [1.82, 2.24) is 4.90 Å². The van der Waals surface area contributed by atoms with Gasteiger partial charge in [-0.1, -0.05) is 12.1 Å². The lowest BCUT2D eigenvalue weighted by Crippen LogP contribution is -2.46. The molecule has 1 amide bonds. The second-order valence-corrected chi connectivity index (χ2v) is 6.36. The Kier molecular flexibility index (Phi) is 3.94. The molecule has 2 aromatic rings. The highest BCUT2D eigenvalue weighted by atomic mass is 32.1. The van der Waals surface area contributed by atoms with Crippen LogP contribution in [0.15, 0.2) is 35.7 Å². The fourth-order valence-electron chi connectivity index (χ4n) is 2.64. The molecule has 1 aromatic carbocycles. The van der Waals surface area contributed by atoms with E-state index in [1.54, 1.807) is 35.6 Å². The number of nitrogens with two attached hydrogens (primary N) is 1. The number of hydrogen-bond acceptors (Lipinski definition) is 4. The van der Waals surface area contributed by atoms with E-state index in [1.807, 2.05) is 4.90 Å². The second kappa shape index (κ2) is 5.87. The van der Waals surface area contributed by atoms with Crippen LogP contribution in [0.4, 0.5) is 0 Å². The Balaban J connectivity index is 1.64. The van der Waals surface area contributed by atoms with Gasteiger partial charge in [0.2, 0.25) is 5.91 Å². The molecule has 3 N–H and O–H groups in total. The Hall–Kier alpha value is -1.85. The number of phenols is 1. The number of amides is 1. The standard InChI is InChI=1S/C16H18N2O2S/c17-14(9-11-1-3-13(19)4-2-11)16(20)18-7-5-15-12(10-18)6-8-21-15/h1-4,6,8,14,19H,5,7,9-10,17H2/t14-/m1/s1. The molecule has 1 aromatic heterocycles. The van der Waals surface area contributed by atoms with E-state index in [1.165, 1.54) is 10.4 Å². The van der Waals surface area contributed by atoms with Crippen molar-refractivity contribution in [3.63, 3.8) is 0 Å². The number of thiophene rings is 1. The van der Waals surface area contributed by atoms with E-state index < -0.39 is 6.04 Å². The molecule has 0 saturated carbocycles. The molecule has 4 nitrogen and oxygen atoms in total. The van der Waals surface area contributed by atoms with E-state index >= 15 is 0 Å². The van der Waals surface area contributed by atoms with Crippen molar-refractivity contribution in [1.29, 1.82) is 0 Å². The minimum absolute atomic E-state index is 0.0000694. The average Bonchev–Trinajstić information content (AvgIpc) is 2.96. The minimum atomic E-state index is -0.533. The molecule has 0 saturated heterocycles. The monoisotopic (exact) mass is 302 g/mol. The molecule has 1 atom stereocenters. The zero-order chi connectivity index (χ0) is 14.8. The van der Waals surface area contributed by atoms with Gasteiger partial charge in [0.15, 0.2) is 0 Å². The smallest absolute Gasteiger partial charge is 0.240 e. The number of benzene rings is 1. The normalized spacial score (nSPS) is 15.6. The molecule has 0 aliphatic carbocycles. The van der Waals surface area contributed by atoms with Crippen LogP contribution < -0.4 is 5.73 Å². The summed E-state index contributed by atoms with van der Waals surface area (Å²) in [7, 11) is 0. The summed E-state index contributed by atoms with van der Waals surface area (Å²) in [6, 6.07) is 8.39. The van der Waals surface area contributed by atoms with E-state index in [0.717, 1.165) is 18.5 Å². The van der Waals surface area contributed by atoms with Crippen molar-refractivity contribution < 1.29 is 9.90 Å². The van der Waals surface area contributed by atoms with Crippen molar-refractivity contribution in [3.05, 3.63) is 51.7 Å². The van der Waals surface area contributed by atoms with Gasteiger partial charge < -0.3 is 15.7 Å². The van der Waals surface area contributed by atoms with Crippen LogP contribution in [0.5, 0.6) is 5.75 Å². The summed E-state index contributed by atoms with van der Waals surface area (Å²) in [6.07, 6.45) is 1.41. The van der Waals surface area contributed by atoms with Crippen LogP contribution in [0.3, 0.4) is 0 Å². The van der Waals surface area contributed by atoms with Crippen LogP contribution >= 0.6 is 11.3 Å². The summed E-state index contributed by atoms with van der Waals surface area (Å²) in [5, 5.41) is 11.3. The highest BCUT2D eigenvalue weighted by Crippen LogP contribution is 2.24. The molecular weight excluding hydrogens is 284 g/mol. The zero-order valence-corrected chi connectivity index (χ0v) is 12.5. The summed E-state index contributed by atoms with van der Waals surface area (Å²) in [5.74, 6) is 0.222. The molecular formula is C16H18N2O2S. The predicted octanol–water partition coefficient (Wildman–Crippen LogP) is 1.91. The Morgan fingerprint density at radius 1 is 1.33 bits per heavy atom. The SMILES string of the molecule is N[C@H](Cc1ccc(O)cc1)C(=O)N1CCc2sccc2C1. The topological polar surface area (TPSA) is 66.6 Å². The lowest BCUT2D eigenvalue weighted by Gasteiger charge is -2.29. The largest absolute Gasteiger partial charge is 0.508 e. The molecule has 0 fully saturated rings. The van der Waals surface area contributed by atoms with Gasteiger partial charge in [-0.25, -0.2) is 0 Å². The van der Waals surface area contributed by atoms with Crippen LogP contribution in [0.2, 0.25) is 0 Å². The van der Waals surface area contributed by atoms with Crippen LogP contribution in [0, 0.1) is 0 Å².